The summed E-state index contributed by atoms with van der Waals surface area (Å²) in [6, 6.07) is 6.36. The van der Waals surface area contributed by atoms with E-state index in [1.807, 2.05) is 0 Å². The average molecular weight is 346 g/mol. The molecule has 1 aliphatic heterocycles. The number of carbonyl (C=O) groups excluding carboxylic acids is 2. The Morgan fingerprint density at radius 3 is 2.88 bits per heavy atom. The fraction of sp³-hybridized carbons (Fsp3) is 0.312. The normalized spacial score (nSPS) is 13.5. The zero-order valence-electron chi connectivity index (χ0n) is 13.9. The summed E-state index contributed by atoms with van der Waals surface area (Å²) < 4.78 is 15.3. The van der Waals surface area contributed by atoms with Crippen LogP contribution in [0.3, 0.4) is 0 Å². The number of urea groups is 1. The highest BCUT2D eigenvalue weighted by molar-refractivity contribution is 5.93. The van der Waals surface area contributed by atoms with Gasteiger partial charge in [0, 0.05) is 17.8 Å². The number of hydrogen-bond donors (Lipinski definition) is 2. The predicted molar refractivity (Wildman–Crippen MR) is 88.8 cm³/mol. The van der Waals surface area contributed by atoms with Crippen molar-refractivity contribution in [3.05, 3.63) is 35.7 Å². The summed E-state index contributed by atoms with van der Waals surface area (Å²) >= 11 is 0. The van der Waals surface area contributed by atoms with Gasteiger partial charge in [-0.15, -0.1) is 0 Å². The van der Waals surface area contributed by atoms with Gasteiger partial charge in [-0.1, -0.05) is 5.16 Å². The Balaban J connectivity index is 1.64. The third-order valence-corrected chi connectivity index (χ3v) is 3.59. The minimum atomic E-state index is -0.417. The minimum Gasteiger partial charge on any atom is -0.494 e. The van der Waals surface area contributed by atoms with Gasteiger partial charge in [0.1, 0.15) is 12.4 Å². The van der Waals surface area contributed by atoms with Gasteiger partial charge < -0.3 is 24.6 Å². The molecule has 0 atom stereocenters. The van der Waals surface area contributed by atoms with Crippen molar-refractivity contribution in [1.29, 1.82) is 0 Å². The molecule has 132 valence electrons. The van der Waals surface area contributed by atoms with Gasteiger partial charge in [0.15, 0.2) is 5.76 Å². The van der Waals surface area contributed by atoms with Crippen LogP contribution in [0.25, 0.3) is 0 Å². The van der Waals surface area contributed by atoms with Crippen molar-refractivity contribution in [2.45, 2.75) is 13.5 Å². The van der Waals surface area contributed by atoms with E-state index in [1.165, 1.54) is 12.0 Å². The summed E-state index contributed by atoms with van der Waals surface area (Å²) in [4.78, 5) is 25.1. The zero-order chi connectivity index (χ0) is 17.8. The van der Waals surface area contributed by atoms with E-state index < -0.39 is 12.1 Å². The molecular formula is C16H18N4O5. The third kappa shape index (κ3) is 3.82. The third-order valence-electron chi connectivity index (χ3n) is 3.59. The Labute approximate surface area is 143 Å². The van der Waals surface area contributed by atoms with Crippen LogP contribution in [0.15, 0.2) is 28.8 Å². The van der Waals surface area contributed by atoms with Crippen LogP contribution in [0, 0.1) is 6.92 Å². The average Bonchev–Trinajstić information content (AvgIpc) is 3.21. The van der Waals surface area contributed by atoms with Crippen LogP contribution in [-0.2, 0) is 11.3 Å². The van der Waals surface area contributed by atoms with E-state index >= 15 is 0 Å². The van der Waals surface area contributed by atoms with Gasteiger partial charge in [-0.25, -0.2) is 9.59 Å². The molecule has 0 unspecified atom stereocenters. The molecule has 0 spiro atoms. The summed E-state index contributed by atoms with van der Waals surface area (Å²) in [6.45, 7) is 2.82. The number of anilines is 2. The van der Waals surface area contributed by atoms with Crippen LogP contribution >= 0.6 is 0 Å². The molecule has 2 heterocycles. The number of aromatic nitrogens is 1. The first-order valence-corrected chi connectivity index (χ1v) is 7.66. The molecule has 2 N–H and O–H groups in total. The fourth-order valence-electron chi connectivity index (χ4n) is 2.43. The number of ether oxygens (including phenoxy) is 2. The van der Waals surface area contributed by atoms with Crippen molar-refractivity contribution in [2.24, 2.45) is 0 Å². The predicted octanol–water partition coefficient (Wildman–Crippen LogP) is 2.27. The topological polar surface area (TPSA) is 106 Å². The van der Waals surface area contributed by atoms with Crippen molar-refractivity contribution < 1.29 is 23.6 Å². The van der Waals surface area contributed by atoms with E-state index in [4.69, 9.17) is 14.0 Å². The number of nitrogens with zero attached hydrogens (tertiary/aromatic N) is 2. The number of methoxy groups -OCH3 is 1. The number of carbonyl (C=O) groups is 2. The quantitative estimate of drug-likeness (QED) is 0.860. The Hall–Kier alpha value is -3.23. The SMILES string of the molecule is COc1cc(NC(=O)NCc2cc(C)no2)ccc1N1CCOC1=O. The number of rotatable bonds is 5. The molecule has 1 saturated heterocycles. The largest absolute Gasteiger partial charge is 0.494 e. The van der Waals surface area contributed by atoms with Gasteiger partial charge >= 0.3 is 12.1 Å². The smallest absolute Gasteiger partial charge is 0.414 e. The van der Waals surface area contributed by atoms with Crippen molar-refractivity contribution in [3.8, 4) is 5.75 Å². The van der Waals surface area contributed by atoms with Gasteiger partial charge in [-0.2, -0.15) is 0 Å². The second kappa shape index (κ2) is 7.12. The van der Waals surface area contributed by atoms with Gasteiger partial charge in [0.25, 0.3) is 0 Å². The summed E-state index contributed by atoms with van der Waals surface area (Å²) in [7, 11) is 1.50. The molecule has 0 bridgehead atoms. The van der Waals surface area contributed by atoms with Gasteiger partial charge in [0.2, 0.25) is 0 Å². The lowest BCUT2D eigenvalue weighted by molar-refractivity contribution is 0.181. The van der Waals surface area contributed by atoms with E-state index in [9.17, 15) is 9.59 Å². The molecule has 0 saturated carbocycles. The number of benzene rings is 1. The lowest BCUT2D eigenvalue weighted by Crippen LogP contribution is -2.28. The van der Waals surface area contributed by atoms with Crippen molar-refractivity contribution in [3.63, 3.8) is 0 Å². The van der Waals surface area contributed by atoms with Crippen molar-refractivity contribution in [2.75, 3.05) is 30.5 Å². The molecule has 3 amide bonds. The highest BCUT2D eigenvalue weighted by atomic mass is 16.6. The van der Waals surface area contributed by atoms with E-state index in [0.717, 1.165) is 5.69 Å². The molecule has 1 aromatic heterocycles. The highest BCUT2D eigenvalue weighted by Gasteiger charge is 2.26. The van der Waals surface area contributed by atoms with Gasteiger partial charge in [0.05, 0.1) is 31.6 Å². The number of cyclic esters (lactones) is 1. The lowest BCUT2D eigenvalue weighted by Gasteiger charge is -2.17. The van der Waals surface area contributed by atoms with Crippen LogP contribution < -0.4 is 20.3 Å². The Morgan fingerprint density at radius 2 is 2.24 bits per heavy atom. The second-order valence-corrected chi connectivity index (χ2v) is 5.39. The number of hydrogen-bond acceptors (Lipinski definition) is 6. The molecule has 0 aliphatic carbocycles. The number of aryl methyl sites for hydroxylation is 1. The van der Waals surface area contributed by atoms with Gasteiger partial charge in [-0.3, -0.25) is 4.90 Å². The molecule has 1 aromatic carbocycles. The van der Waals surface area contributed by atoms with Crippen molar-refractivity contribution >= 4 is 23.5 Å². The maximum atomic E-state index is 12.0. The molecule has 25 heavy (non-hydrogen) atoms. The van der Waals surface area contributed by atoms with E-state index in [1.54, 1.807) is 31.2 Å². The second-order valence-electron chi connectivity index (χ2n) is 5.39. The van der Waals surface area contributed by atoms with Crippen LogP contribution in [0.4, 0.5) is 21.0 Å². The number of amides is 3. The minimum absolute atomic E-state index is 0.224. The first-order chi connectivity index (χ1) is 12.1. The monoisotopic (exact) mass is 346 g/mol. The van der Waals surface area contributed by atoms with Crippen molar-refractivity contribution in [1.82, 2.24) is 10.5 Å². The fourth-order valence-corrected chi connectivity index (χ4v) is 2.43. The van der Waals surface area contributed by atoms with E-state index in [2.05, 4.69) is 15.8 Å². The molecule has 1 aliphatic rings. The molecule has 2 aromatic rings. The summed E-state index contributed by atoms with van der Waals surface area (Å²) in [5.74, 6) is 1.02. The summed E-state index contributed by atoms with van der Waals surface area (Å²) in [6.07, 6.45) is -0.417. The first-order valence-electron chi connectivity index (χ1n) is 7.66. The lowest BCUT2D eigenvalue weighted by atomic mass is 10.2. The summed E-state index contributed by atoms with van der Waals surface area (Å²) in [5, 5.41) is 9.11. The molecule has 3 rings (SSSR count). The van der Waals surface area contributed by atoms with E-state index in [0.29, 0.717) is 36.0 Å². The maximum absolute atomic E-state index is 12.0. The van der Waals surface area contributed by atoms with Crippen LogP contribution in [0.5, 0.6) is 5.75 Å². The van der Waals surface area contributed by atoms with Gasteiger partial charge in [-0.05, 0) is 19.1 Å². The Bertz CT molecular complexity index is 789. The Morgan fingerprint density at radius 1 is 1.40 bits per heavy atom. The van der Waals surface area contributed by atoms with Crippen LogP contribution in [0.1, 0.15) is 11.5 Å². The first kappa shape index (κ1) is 16.6. The molecular weight excluding hydrogens is 328 g/mol. The number of nitrogens with one attached hydrogen (secondary N) is 2. The van der Waals surface area contributed by atoms with E-state index in [-0.39, 0.29) is 6.54 Å². The molecule has 9 heteroatoms. The molecule has 1 fully saturated rings. The maximum Gasteiger partial charge on any atom is 0.414 e. The standard InChI is InChI=1S/C16H18N4O5/c1-10-7-12(25-19-10)9-17-15(21)18-11-3-4-13(14(8-11)23-2)20-5-6-24-16(20)22/h3-4,7-8H,5-6,9H2,1-2H3,(H2,17,18,21). The summed E-state index contributed by atoms with van der Waals surface area (Å²) in [5.41, 5.74) is 1.87. The van der Waals surface area contributed by atoms with Crippen LogP contribution in [0.2, 0.25) is 0 Å². The van der Waals surface area contributed by atoms with Crippen LogP contribution in [-0.4, -0.2) is 37.5 Å². The highest BCUT2D eigenvalue weighted by Crippen LogP contribution is 2.32. The molecule has 0 radical (unpaired) electrons. The zero-order valence-corrected chi connectivity index (χ0v) is 13.9. The Kier molecular flexibility index (Phi) is 4.73. The molecule has 9 nitrogen and oxygen atoms in total.